The van der Waals surface area contributed by atoms with E-state index in [2.05, 4.69) is 0 Å². The van der Waals surface area contributed by atoms with Crippen molar-refractivity contribution in [1.82, 2.24) is 0 Å². The van der Waals surface area contributed by atoms with Crippen molar-refractivity contribution in [2.45, 2.75) is 75.5 Å². The van der Waals surface area contributed by atoms with Gasteiger partial charge < -0.3 is 25.5 Å². The molecule has 8 atom stereocenters. The zero-order valence-electron chi connectivity index (χ0n) is 15.0. The molecule has 5 N–H and O–H groups in total. The third-order valence-electron chi connectivity index (χ3n) is 7.96. The maximum atomic E-state index is 12.9. The van der Waals surface area contributed by atoms with Crippen LogP contribution >= 0.6 is 0 Å². The van der Waals surface area contributed by atoms with E-state index in [-0.39, 0.29) is 43.5 Å². The summed E-state index contributed by atoms with van der Waals surface area (Å²) in [4.78, 5) is 25.3. The molecule has 4 aliphatic rings. The highest BCUT2D eigenvalue weighted by molar-refractivity contribution is 6.01. The van der Waals surface area contributed by atoms with Gasteiger partial charge >= 0.3 is 0 Å². The van der Waals surface area contributed by atoms with Crippen LogP contribution in [0, 0.1) is 16.7 Å². The van der Waals surface area contributed by atoms with Gasteiger partial charge in [0, 0.05) is 24.2 Å². The van der Waals surface area contributed by atoms with Gasteiger partial charge in [-0.1, -0.05) is 6.92 Å². The van der Waals surface area contributed by atoms with Gasteiger partial charge in [-0.2, -0.15) is 0 Å². The molecule has 3 fully saturated rings. The third-order valence-corrected chi connectivity index (χ3v) is 7.96. The molecule has 0 saturated heterocycles. The highest BCUT2D eigenvalue weighted by Crippen LogP contribution is 2.65. The summed E-state index contributed by atoms with van der Waals surface area (Å²) in [6, 6.07) is 0. The Balaban J connectivity index is 1.92. The molecule has 0 amide bonds. The SMILES string of the molecule is C[C@]12C[C@@H](O)[C@H]3C(=CC(=O)[C@]4(O)C[C@@H](O)[C@@H](O)C[C@]34C)[C@]1(O)CCC2=O. The van der Waals surface area contributed by atoms with Crippen LogP contribution < -0.4 is 0 Å². The van der Waals surface area contributed by atoms with Crippen molar-refractivity contribution in [3.05, 3.63) is 11.6 Å². The van der Waals surface area contributed by atoms with Gasteiger partial charge in [-0.05, 0) is 37.8 Å². The lowest BCUT2D eigenvalue weighted by Gasteiger charge is -2.62. The number of carbonyl (C=O) groups is 2. The minimum absolute atomic E-state index is 0.0306. The van der Waals surface area contributed by atoms with Crippen LogP contribution in [-0.2, 0) is 9.59 Å². The summed E-state index contributed by atoms with van der Waals surface area (Å²) in [5.41, 5.74) is -5.63. The normalized spacial score (nSPS) is 56.5. The summed E-state index contributed by atoms with van der Waals surface area (Å²) in [6.07, 6.45) is -2.31. The molecule has 0 aliphatic heterocycles. The Morgan fingerprint density at radius 1 is 0.923 bits per heavy atom. The number of carbonyl (C=O) groups excluding carboxylic acids is 2. The highest BCUT2D eigenvalue weighted by atomic mass is 16.3. The van der Waals surface area contributed by atoms with Gasteiger partial charge in [-0.3, -0.25) is 9.59 Å². The summed E-state index contributed by atoms with van der Waals surface area (Å²) in [6.45, 7) is 3.24. The Kier molecular flexibility index (Phi) is 3.53. The van der Waals surface area contributed by atoms with Crippen LogP contribution in [-0.4, -0.2) is 66.6 Å². The smallest absolute Gasteiger partial charge is 0.187 e. The molecule has 4 rings (SSSR count). The minimum Gasteiger partial charge on any atom is -0.392 e. The summed E-state index contributed by atoms with van der Waals surface area (Å²) in [5.74, 6) is -1.58. The molecule has 7 heteroatoms. The second-order valence-electron chi connectivity index (χ2n) is 9.15. The van der Waals surface area contributed by atoms with E-state index in [1.54, 1.807) is 13.8 Å². The number of aliphatic hydroxyl groups excluding tert-OH is 3. The van der Waals surface area contributed by atoms with Crippen molar-refractivity contribution in [2.75, 3.05) is 0 Å². The molecule has 0 heterocycles. The van der Waals surface area contributed by atoms with Crippen LogP contribution in [0.3, 0.4) is 0 Å². The standard InChI is InChI=1S/C19H26O7/c1-16-7-12(22)15-9(18(16,25)4-3-13(16)23)5-14(24)19(26)8-11(21)10(20)6-17(15,19)2/h5,10-12,15,20-22,25-26H,3-4,6-8H2,1-2H3/t10-,11+,12+,15+,16+,17+,18+,19+/m0/s1. The summed E-state index contributed by atoms with van der Waals surface area (Å²) in [5, 5.41) is 53.8. The molecule has 0 aromatic carbocycles. The number of aliphatic hydroxyl groups is 5. The van der Waals surface area contributed by atoms with Crippen molar-refractivity contribution < 1.29 is 35.1 Å². The quantitative estimate of drug-likeness (QED) is 0.380. The predicted molar refractivity (Wildman–Crippen MR) is 88.8 cm³/mol. The predicted octanol–water partition coefficient (Wildman–Crippen LogP) is -0.770. The summed E-state index contributed by atoms with van der Waals surface area (Å²) < 4.78 is 0. The number of hydrogen-bond donors (Lipinski definition) is 5. The number of fused-ring (bicyclic) bond motifs is 5. The first-order chi connectivity index (χ1) is 11.9. The largest absolute Gasteiger partial charge is 0.392 e. The fourth-order valence-corrected chi connectivity index (χ4v) is 6.24. The van der Waals surface area contributed by atoms with Crippen molar-refractivity contribution in [2.24, 2.45) is 16.7 Å². The Morgan fingerprint density at radius 2 is 1.54 bits per heavy atom. The van der Waals surface area contributed by atoms with Crippen LogP contribution in [0.25, 0.3) is 0 Å². The lowest BCUT2D eigenvalue weighted by molar-refractivity contribution is -0.218. The highest BCUT2D eigenvalue weighted by Gasteiger charge is 2.72. The average molecular weight is 366 g/mol. The first-order valence-electron chi connectivity index (χ1n) is 9.19. The molecule has 144 valence electrons. The monoisotopic (exact) mass is 366 g/mol. The lowest BCUT2D eigenvalue weighted by Crippen LogP contribution is -2.71. The second-order valence-corrected chi connectivity index (χ2v) is 9.15. The fourth-order valence-electron chi connectivity index (χ4n) is 6.24. The first-order valence-corrected chi connectivity index (χ1v) is 9.19. The van der Waals surface area contributed by atoms with E-state index in [0.29, 0.717) is 0 Å². The van der Waals surface area contributed by atoms with Gasteiger partial charge in [0.05, 0.1) is 29.3 Å². The fraction of sp³-hybridized carbons (Fsp3) is 0.789. The second kappa shape index (κ2) is 5.02. The van der Waals surface area contributed by atoms with Crippen LogP contribution in [0.5, 0.6) is 0 Å². The Hall–Kier alpha value is -1.12. The Bertz CT molecular complexity index is 731. The lowest BCUT2D eigenvalue weighted by atomic mass is 9.44. The summed E-state index contributed by atoms with van der Waals surface area (Å²) >= 11 is 0. The van der Waals surface area contributed by atoms with Gasteiger partial charge in [0.15, 0.2) is 5.78 Å². The third kappa shape index (κ3) is 1.81. The molecule has 0 aromatic rings. The Morgan fingerprint density at radius 3 is 2.19 bits per heavy atom. The number of rotatable bonds is 0. The van der Waals surface area contributed by atoms with E-state index in [1.807, 2.05) is 0 Å². The summed E-state index contributed by atoms with van der Waals surface area (Å²) in [7, 11) is 0. The van der Waals surface area contributed by atoms with Crippen LogP contribution in [0.15, 0.2) is 11.6 Å². The van der Waals surface area contributed by atoms with Gasteiger partial charge in [0.2, 0.25) is 0 Å². The molecule has 26 heavy (non-hydrogen) atoms. The molecule has 0 aromatic heterocycles. The maximum absolute atomic E-state index is 12.9. The van der Waals surface area contributed by atoms with Gasteiger partial charge in [0.1, 0.15) is 11.4 Å². The van der Waals surface area contributed by atoms with Gasteiger partial charge in [-0.25, -0.2) is 0 Å². The molecule has 7 nitrogen and oxygen atoms in total. The van der Waals surface area contributed by atoms with Gasteiger partial charge in [0.25, 0.3) is 0 Å². The molecule has 4 aliphatic carbocycles. The van der Waals surface area contributed by atoms with Crippen LogP contribution in [0.4, 0.5) is 0 Å². The molecule has 0 unspecified atom stereocenters. The molecule has 0 bridgehead atoms. The van der Waals surface area contributed by atoms with Crippen molar-refractivity contribution in [3.8, 4) is 0 Å². The van der Waals surface area contributed by atoms with Crippen LogP contribution in [0.1, 0.15) is 46.0 Å². The first kappa shape index (κ1) is 18.3. The molecule has 0 spiro atoms. The van der Waals surface area contributed by atoms with E-state index in [9.17, 15) is 35.1 Å². The zero-order valence-corrected chi connectivity index (χ0v) is 15.0. The Labute approximate surface area is 151 Å². The topological polar surface area (TPSA) is 135 Å². The van der Waals surface area contributed by atoms with E-state index in [1.165, 1.54) is 6.08 Å². The molecular weight excluding hydrogens is 340 g/mol. The van der Waals surface area contributed by atoms with E-state index in [4.69, 9.17) is 0 Å². The van der Waals surface area contributed by atoms with E-state index >= 15 is 0 Å². The van der Waals surface area contributed by atoms with Gasteiger partial charge in [-0.15, -0.1) is 0 Å². The molecular formula is C19H26O7. The molecule has 3 saturated carbocycles. The van der Waals surface area contributed by atoms with Crippen LogP contribution in [0.2, 0.25) is 0 Å². The minimum atomic E-state index is -1.94. The average Bonchev–Trinajstić information content (AvgIpc) is 2.76. The maximum Gasteiger partial charge on any atom is 0.187 e. The van der Waals surface area contributed by atoms with Crippen molar-refractivity contribution >= 4 is 11.6 Å². The number of ketones is 2. The van der Waals surface area contributed by atoms with E-state index < -0.39 is 52.0 Å². The number of hydrogen-bond acceptors (Lipinski definition) is 7. The number of Topliss-reactive ketones (excluding diaryl/α,β-unsaturated/α-hetero) is 1. The van der Waals surface area contributed by atoms with Crippen molar-refractivity contribution in [3.63, 3.8) is 0 Å². The zero-order chi connectivity index (χ0) is 19.3. The van der Waals surface area contributed by atoms with Crippen molar-refractivity contribution in [1.29, 1.82) is 0 Å². The molecule has 0 radical (unpaired) electrons. The van der Waals surface area contributed by atoms with E-state index in [0.717, 1.165) is 0 Å².